The molecule has 128 valence electrons. The highest BCUT2D eigenvalue weighted by Gasteiger charge is 2.33. The van der Waals surface area contributed by atoms with Crippen LogP contribution in [0.15, 0.2) is 41.0 Å². The van der Waals surface area contributed by atoms with Crippen LogP contribution in [0, 0.1) is 11.6 Å². The molecule has 3 rings (SSSR count). The smallest absolute Gasteiger partial charge is 0.234 e. The molecule has 1 fully saturated rings. The van der Waals surface area contributed by atoms with E-state index >= 15 is 0 Å². The Balaban J connectivity index is 1.64. The van der Waals surface area contributed by atoms with Crippen LogP contribution in [0.1, 0.15) is 23.8 Å². The van der Waals surface area contributed by atoms with Crippen molar-refractivity contribution in [2.24, 2.45) is 0 Å². The Morgan fingerprint density at radius 3 is 2.88 bits per heavy atom. The average Bonchev–Trinajstić information content (AvgIpc) is 3.18. The second-order valence-corrected chi connectivity index (χ2v) is 5.86. The van der Waals surface area contributed by atoms with Gasteiger partial charge in [0.25, 0.3) is 0 Å². The molecular formula is C17H18F2N2O3. The van der Waals surface area contributed by atoms with Crippen molar-refractivity contribution in [1.82, 2.24) is 10.2 Å². The molecule has 1 aliphatic heterocycles. The van der Waals surface area contributed by atoms with Gasteiger partial charge in [-0.3, -0.25) is 9.69 Å². The van der Waals surface area contributed by atoms with Crippen molar-refractivity contribution in [2.45, 2.75) is 25.1 Å². The topological polar surface area (TPSA) is 65.7 Å². The molecule has 0 unspecified atom stereocenters. The van der Waals surface area contributed by atoms with Gasteiger partial charge in [-0.2, -0.15) is 0 Å². The zero-order valence-corrected chi connectivity index (χ0v) is 12.9. The van der Waals surface area contributed by atoms with E-state index in [1.807, 2.05) is 0 Å². The lowest BCUT2D eigenvalue weighted by Crippen LogP contribution is -2.37. The second kappa shape index (κ2) is 7.11. The number of β-amino-alcohol motifs (C(OH)–C–C–N with tert-alkyl or cyclic N) is 1. The first-order chi connectivity index (χ1) is 11.5. The molecule has 2 heterocycles. The molecule has 0 saturated carbocycles. The van der Waals surface area contributed by atoms with Crippen LogP contribution < -0.4 is 5.32 Å². The van der Waals surface area contributed by atoms with E-state index in [-0.39, 0.29) is 25.0 Å². The lowest BCUT2D eigenvalue weighted by Gasteiger charge is -2.23. The van der Waals surface area contributed by atoms with E-state index in [1.165, 1.54) is 12.3 Å². The normalized spacial score (nSPS) is 21.1. The Hall–Kier alpha value is -2.25. The van der Waals surface area contributed by atoms with Gasteiger partial charge >= 0.3 is 0 Å². The number of aliphatic hydroxyl groups excluding tert-OH is 1. The number of hydrogen-bond donors (Lipinski definition) is 2. The first-order valence-electron chi connectivity index (χ1n) is 7.69. The summed E-state index contributed by atoms with van der Waals surface area (Å²) in [4.78, 5) is 13.8. The molecule has 0 bridgehead atoms. The standard InChI is InChI=1S/C17H18F2N2O3/c18-14-4-3-11(6-15(14)19)16-7-12(22)9-21(16)10-17(23)20-8-13-2-1-5-24-13/h1-6,12,16,22H,7-10H2,(H,20,23)/t12-,16+/m0/s1. The lowest BCUT2D eigenvalue weighted by molar-refractivity contribution is -0.122. The van der Waals surface area contributed by atoms with E-state index < -0.39 is 17.7 Å². The van der Waals surface area contributed by atoms with Gasteiger partial charge in [0.05, 0.1) is 25.5 Å². The molecule has 2 N–H and O–H groups in total. The zero-order valence-electron chi connectivity index (χ0n) is 12.9. The average molecular weight is 336 g/mol. The van der Waals surface area contributed by atoms with Crippen molar-refractivity contribution in [1.29, 1.82) is 0 Å². The molecule has 1 aliphatic rings. The van der Waals surface area contributed by atoms with Crippen molar-refractivity contribution >= 4 is 5.91 Å². The van der Waals surface area contributed by atoms with Crippen molar-refractivity contribution in [3.63, 3.8) is 0 Å². The van der Waals surface area contributed by atoms with Crippen LogP contribution in [0.5, 0.6) is 0 Å². The summed E-state index contributed by atoms with van der Waals surface area (Å²) in [6.45, 7) is 0.636. The van der Waals surface area contributed by atoms with Crippen LogP contribution in [0.4, 0.5) is 8.78 Å². The van der Waals surface area contributed by atoms with Gasteiger partial charge in [0.2, 0.25) is 5.91 Å². The third-order valence-corrected chi connectivity index (χ3v) is 4.10. The number of nitrogens with zero attached hydrogens (tertiary/aromatic N) is 1. The largest absolute Gasteiger partial charge is 0.467 e. The summed E-state index contributed by atoms with van der Waals surface area (Å²) >= 11 is 0. The lowest BCUT2D eigenvalue weighted by atomic mass is 10.0. The SMILES string of the molecule is O=C(CN1C[C@@H](O)C[C@@H]1c1ccc(F)c(F)c1)NCc1ccco1. The molecule has 2 aromatic rings. The number of furan rings is 1. The fourth-order valence-corrected chi connectivity index (χ4v) is 2.96. The van der Waals surface area contributed by atoms with Crippen LogP contribution in [-0.2, 0) is 11.3 Å². The Kier molecular flexibility index (Phi) is 4.92. The fourth-order valence-electron chi connectivity index (χ4n) is 2.96. The molecular weight excluding hydrogens is 318 g/mol. The van der Waals surface area contributed by atoms with E-state index in [4.69, 9.17) is 4.42 Å². The number of benzene rings is 1. The molecule has 5 nitrogen and oxygen atoms in total. The van der Waals surface area contributed by atoms with Crippen molar-refractivity contribution in [3.05, 3.63) is 59.6 Å². The molecule has 1 aromatic heterocycles. The molecule has 24 heavy (non-hydrogen) atoms. The van der Waals surface area contributed by atoms with E-state index in [9.17, 15) is 18.7 Å². The predicted molar refractivity (Wildman–Crippen MR) is 81.9 cm³/mol. The maximum absolute atomic E-state index is 13.5. The first kappa shape index (κ1) is 16.6. The van der Waals surface area contributed by atoms with Gasteiger partial charge in [0, 0.05) is 12.6 Å². The number of rotatable bonds is 5. The van der Waals surface area contributed by atoms with E-state index in [0.29, 0.717) is 24.3 Å². The Labute approximate surface area is 137 Å². The number of halogens is 2. The number of nitrogens with one attached hydrogen (secondary N) is 1. The Morgan fingerprint density at radius 2 is 2.17 bits per heavy atom. The Bertz CT molecular complexity index is 706. The third-order valence-electron chi connectivity index (χ3n) is 4.10. The molecule has 0 radical (unpaired) electrons. The maximum atomic E-state index is 13.5. The minimum atomic E-state index is -0.934. The second-order valence-electron chi connectivity index (χ2n) is 5.86. The number of amides is 1. The third kappa shape index (κ3) is 3.80. The molecule has 1 saturated heterocycles. The number of likely N-dealkylation sites (tertiary alicyclic amines) is 1. The van der Waals surface area contributed by atoms with Gasteiger partial charge in [-0.05, 0) is 36.2 Å². The van der Waals surface area contributed by atoms with Crippen LogP contribution in [0.25, 0.3) is 0 Å². The van der Waals surface area contributed by atoms with Crippen LogP contribution in [0.2, 0.25) is 0 Å². The summed E-state index contributed by atoms with van der Waals surface area (Å²) < 4.78 is 31.7. The van der Waals surface area contributed by atoms with Crippen molar-refractivity contribution < 1.29 is 23.1 Å². The number of carbonyl (C=O) groups is 1. The zero-order chi connectivity index (χ0) is 17.1. The summed E-state index contributed by atoms with van der Waals surface area (Å²) in [5.74, 6) is -1.44. The van der Waals surface area contributed by atoms with E-state index in [0.717, 1.165) is 12.1 Å². The highest BCUT2D eigenvalue weighted by atomic mass is 19.2. The van der Waals surface area contributed by atoms with Gasteiger partial charge < -0.3 is 14.8 Å². The number of hydrogen-bond acceptors (Lipinski definition) is 4. The quantitative estimate of drug-likeness (QED) is 0.876. The van der Waals surface area contributed by atoms with Gasteiger partial charge in [-0.15, -0.1) is 0 Å². The van der Waals surface area contributed by atoms with Crippen LogP contribution in [-0.4, -0.2) is 35.1 Å². The predicted octanol–water partition coefficient (Wildman–Crippen LogP) is 1.98. The van der Waals surface area contributed by atoms with Crippen LogP contribution in [0.3, 0.4) is 0 Å². The summed E-state index contributed by atoms with van der Waals surface area (Å²) in [6, 6.07) is 6.82. The van der Waals surface area contributed by atoms with Gasteiger partial charge in [-0.25, -0.2) is 8.78 Å². The molecule has 7 heteroatoms. The minimum Gasteiger partial charge on any atom is -0.467 e. The molecule has 2 atom stereocenters. The summed E-state index contributed by atoms with van der Waals surface area (Å²) in [5.41, 5.74) is 0.546. The van der Waals surface area contributed by atoms with E-state index in [1.54, 1.807) is 17.0 Å². The number of carbonyl (C=O) groups excluding carboxylic acids is 1. The molecule has 1 aromatic carbocycles. The summed E-state index contributed by atoms with van der Waals surface area (Å²) in [5, 5.41) is 12.6. The number of aliphatic hydroxyl groups is 1. The highest BCUT2D eigenvalue weighted by Crippen LogP contribution is 2.32. The van der Waals surface area contributed by atoms with Gasteiger partial charge in [-0.1, -0.05) is 6.07 Å². The maximum Gasteiger partial charge on any atom is 0.234 e. The Morgan fingerprint density at radius 1 is 1.33 bits per heavy atom. The van der Waals surface area contributed by atoms with Crippen molar-refractivity contribution in [2.75, 3.05) is 13.1 Å². The molecule has 0 aliphatic carbocycles. The highest BCUT2D eigenvalue weighted by molar-refractivity contribution is 5.78. The summed E-state index contributed by atoms with van der Waals surface area (Å²) in [6.07, 6.45) is 1.29. The minimum absolute atomic E-state index is 0.0570. The van der Waals surface area contributed by atoms with Crippen molar-refractivity contribution in [3.8, 4) is 0 Å². The van der Waals surface area contributed by atoms with Gasteiger partial charge in [0.1, 0.15) is 5.76 Å². The fraction of sp³-hybridized carbons (Fsp3) is 0.353. The summed E-state index contributed by atoms with van der Waals surface area (Å²) in [7, 11) is 0. The van der Waals surface area contributed by atoms with Gasteiger partial charge in [0.15, 0.2) is 11.6 Å². The monoisotopic (exact) mass is 336 g/mol. The molecule has 1 amide bonds. The van der Waals surface area contributed by atoms with E-state index in [2.05, 4.69) is 5.32 Å². The van der Waals surface area contributed by atoms with Crippen LogP contribution >= 0.6 is 0 Å². The molecule has 0 spiro atoms. The first-order valence-corrected chi connectivity index (χ1v) is 7.69.